The molecule has 0 spiro atoms. The van der Waals surface area contributed by atoms with Crippen molar-refractivity contribution in [1.82, 2.24) is 4.98 Å². The Kier molecular flexibility index (Phi) is 20.2. The Hall–Kier alpha value is -0.790. The molecule has 0 N–H and O–H groups in total. The van der Waals surface area contributed by atoms with Gasteiger partial charge in [-0.1, -0.05) is 90.1 Å². The summed E-state index contributed by atoms with van der Waals surface area (Å²) in [6, 6.07) is 1.69. The van der Waals surface area contributed by atoms with Gasteiger partial charge >= 0.3 is 0 Å². The maximum atomic E-state index is 5.80. The Labute approximate surface area is 123 Å². The van der Waals surface area contributed by atoms with Gasteiger partial charge in [0, 0.05) is 5.56 Å². The van der Waals surface area contributed by atoms with Crippen molar-refractivity contribution in [3.05, 3.63) is 40.7 Å². The van der Waals surface area contributed by atoms with Crippen molar-refractivity contribution < 1.29 is 0 Å². The number of pyridine rings is 1. The summed E-state index contributed by atoms with van der Waals surface area (Å²) in [4.78, 5) is 3.86. The second kappa shape index (κ2) is 16.2. The number of rotatable bonds is 2. The fourth-order valence-electron chi connectivity index (χ4n) is 0.882. The van der Waals surface area contributed by atoms with Crippen LogP contribution >= 0.6 is 23.2 Å². The lowest BCUT2D eigenvalue weighted by Crippen LogP contribution is -1.86. The van der Waals surface area contributed by atoms with Crippen LogP contribution in [0.25, 0.3) is 12.2 Å². The Balaban J connectivity index is -0.000000328. The fraction of sp³-hybridized carbons (Fsp3) is 0.400. The lowest BCUT2D eigenvalue weighted by molar-refractivity contribution is 1.31. The van der Waals surface area contributed by atoms with Crippen LogP contribution in [0.15, 0.2) is 19.2 Å². The minimum Gasteiger partial charge on any atom is -0.224 e. The predicted molar refractivity (Wildman–Crippen MR) is 88.5 cm³/mol. The first-order valence-corrected chi connectivity index (χ1v) is 7.05. The summed E-state index contributed by atoms with van der Waals surface area (Å²) in [5, 5.41) is 0.716. The van der Waals surface area contributed by atoms with Crippen molar-refractivity contribution in [3.8, 4) is 0 Å². The number of hydrogen-bond donors (Lipinski definition) is 0. The highest BCUT2D eigenvalue weighted by Crippen LogP contribution is 2.23. The second-order valence-corrected chi connectivity index (χ2v) is 2.89. The Bertz CT molecular complexity index is 334. The SMILES string of the molecule is C=Cc1cc(Cl)nc(Cl)c1C=C.CC.CC.CC. The van der Waals surface area contributed by atoms with Crippen molar-refractivity contribution in [2.75, 3.05) is 0 Å². The summed E-state index contributed by atoms with van der Waals surface area (Å²) in [5.41, 5.74) is 1.60. The van der Waals surface area contributed by atoms with Crippen molar-refractivity contribution in [2.24, 2.45) is 0 Å². The van der Waals surface area contributed by atoms with Crippen molar-refractivity contribution in [3.63, 3.8) is 0 Å². The summed E-state index contributed by atoms with van der Waals surface area (Å²) in [5.74, 6) is 0. The molecule has 18 heavy (non-hydrogen) atoms. The molecule has 0 bridgehead atoms. The molecule has 1 rings (SSSR count). The van der Waals surface area contributed by atoms with E-state index in [1.165, 1.54) is 0 Å². The standard InChI is InChI=1S/C9H7Cl2N.3C2H6/c1-3-6-5-8(10)12-9(11)7(6)4-2;3*1-2/h3-5H,1-2H2;3*1-2H3. The van der Waals surface area contributed by atoms with Crippen molar-refractivity contribution in [1.29, 1.82) is 0 Å². The van der Waals surface area contributed by atoms with E-state index in [1.807, 2.05) is 41.5 Å². The minimum absolute atomic E-state index is 0.354. The van der Waals surface area contributed by atoms with Crippen LogP contribution in [0.2, 0.25) is 10.3 Å². The molecule has 0 fully saturated rings. The average Bonchev–Trinajstić information content (AvgIpc) is 2.44. The van der Waals surface area contributed by atoms with Gasteiger partial charge in [0.05, 0.1) is 0 Å². The average molecular weight is 290 g/mol. The molecular weight excluding hydrogens is 265 g/mol. The molecule has 3 heteroatoms. The molecule has 0 amide bonds. The number of aromatic nitrogens is 1. The Morgan fingerprint density at radius 2 is 1.39 bits per heavy atom. The van der Waals surface area contributed by atoms with Crippen LogP contribution in [0.4, 0.5) is 0 Å². The number of nitrogens with zero attached hydrogens (tertiary/aromatic N) is 1. The third kappa shape index (κ3) is 8.32. The van der Waals surface area contributed by atoms with Gasteiger partial charge in [-0.05, 0) is 11.6 Å². The zero-order chi connectivity index (χ0) is 15.1. The first-order valence-electron chi connectivity index (χ1n) is 6.30. The van der Waals surface area contributed by atoms with Gasteiger partial charge in [0.15, 0.2) is 0 Å². The molecule has 0 unspecified atom stereocenters. The van der Waals surface area contributed by atoms with Gasteiger partial charge < -0.3 is 0 Å². The van der Waals surface area contributed by atoms with Crippen LogP contribution in [-0.4, -0.2) is 4.98 Å². The maximum Gasteiger partial charge on any atom is 0.138 e. The quantitative estimate of drug-likeness (QED) is 0.549. The fourth-order valence-corrected chi connectivity index (χ4v) is 1.41. The van der Waals surface area contributed by atoms with Crippen LogP contribution in [0.5, 0.6) is 0 Å². The van der Waals surface area contributed by atoms with Crippen molar-refractivity contribution in [2.45, 2.75) is 41.5 Å². The van der Waals surface area contributed by atoms with E-state index >= 15 is 0 Å². The van der Waals surface area contributed by atoms with Gasteiger partial charge in [0.1, 0.15) is 10.3 Å². The monoisotopic (exact) mass is 289 g/mol. The molecule has 0 radical (unpaired) electrons. The maximum absolute atomic E-state index is 5.80. The number of hydrogen-bond acceptors (Lipinski definition) is 1. The van der Waals surface area contributed by atoms with Gasteiger partial charge in [0.2, 0.25) is 0 Å². The van der Waals surface area contributed by atoms with Gasteiger partial charge in [-0.3, -0.25) is 0 Å². The first-order chi connectivity index (χ1) is 8.69. The van der Waals surface area contributed by atoms with Gasteiger partial charge in [-0.2, -0.15) is 0 Å². The second-order valence-electron chi connectivity index (χ2n) is 2.15. The lowest BCUT2D eigenvalue weighted by Gasteiger charge is -2.02. The van der Waals surface area contributed by atoms with E-state index < -0.39 is 0 Å². The number of halogens is 2. The zero-order valence-corrected chi connectivity index (χ0v) is 13.9. The van der Waals surface area contributed by atoms with Crippen LogP contribution in [0.1, 0.15) is 52.7 Å². The van der Waals surface area contributed by atoms with Crippen LogP contribution in [0.3, 0.4) is 0 Å². The Morgan fingerprint density at radius 3 is 1.72 bits per heavy atom. The molecule has 1 aromatic heterocycles. The van der Waals surface area contributed by atoms with E-state index in [1.54, 1.807) is 18.2 Å². The molecule has 104 valence electrons. The summed E-state index contributed by atoms with van der Waals surface area (Å²) >= 11 is 11.5. The van der Waals surface area contributed by atoms with E-state index in [9.17, 15) is 0 Å². The summed E-state index contributed by atoms with van der Waals surface area (Å²) in [6.45, 7) is 19.2. The van der Waals surface area contributed by atoms with E-state index in [4.69, 9.17) is 23.2 Å². The molecular formula is C15H25Cl2N. The molecule has 0 atom stereocenters. The summed E-state index contributed by atoms with van der Waals surface area (Å²) < 4.78 is 0. The molecule has 0 aliphatic heterocycles. The smallest absolute Gasteiger partial charge is 0.138 e. The summed E-state index contributed by atoms with van der Waals surface area (Å²) in [7, 11) is 0. The molecule has 1 aromatic rings. The largest absolute Gasteiger partial charge is 0.224 e. The first kappa shape index (κ1) is 22.4. The zero-order valence-electron chi connectivity index (χ0n) is 12.3. The van der Waals surface area contributed by atoms with E-state index in [2.05, 4.69) is 18.1 Å². The van der Waals surface area contributed by atoms with Gasteiger partial charge in [-0.15, -0.1) is 0 Å². The highest BCUT2D eigenvalue weighted by atomic mass is 35.5. The highest BCUT2D eigenvalue weighted by molar-refractivity contribution is 6.33. The molecule has 0 saturated heterocycles. The molecule has 0 aliphatic rings. The normalized spacial score (nSPS) is 7.33. The van der Waals surface area contributed by atoms with Crippen molar-refractivity contribution >= 4 is 35.4 Å². The van der Waals surface area contributed by atoms with Gasteiger partial charge in [-0.25, -0.2) is 4.98 Å². The molecule has 1 heterocycles. The minimum atomic E-state index is 0.354. The predicted octanol–water partition coefficient (Wildman–Crippen LogP) is 6.75. The third-order valence-corrected chi connectivity index (χ3v) is 1.92. The van der Waals surface area contributed by atoms with Crippen LogP contribution < -0.4 is 0 Å². The van der Waals surface area contributed by atoms with Crippen LogP contribution in [-0.2, 0) is 0 Å². The lowest BCUT2D eigenvalue weighted by atomic mass is 10.1. The van der Waals surface area contributed by atoms with Crippen LogP contribution in [0, 0.1) is 0 Å². The van der Waals surface area contributed by atoms with E-state index in [-0.39, 0.29) is 0 Å². The molecule has 0 aromatic carbocycles. The third-order valence-electron chi connectivity index (χ3n) is 1.44. The highest BCUT2D eigenvalue weighted by Gasteiger charge is 2.04. The molecule has 0 aliphatic carbocycles. The molecule has 0 saturated carbocycles. The van der Waals surface area contributed by atoms with Gasteiger partial charge in [0.25, 0.3) is 0 Å². The molecule has 1 nitrogen and oxygen atoms in total. The topological polar surface area (TPSA) is 12.9 Å². The summed E-state index contributed by atoms with van der Waals surface area (Å²) in [6.07, 6.45) is 3.29. The van der Waals surface area contributed by atoms with E-state index in [0.29, 0.717) is 10.3 Å². The Morgan fingerprint density at radius 1 is 0.944 bits per heavy atom. The van der Waals surface area contributed by atoms with E-state index in [0.717, 1.165) is 11.1 Å².